The molecule has 0 aliphatic carbocycles. The van der Waals surface area contributed by atoms with Gasteiger partial charge in [0.2, 0.25) is 0 Å². The summed E-state index contributed by atoms with van der Waals surface area (Å²) in [6.07, 6.45) is 3.68. The Balaban J connectivity index is 1.94. The first-order chi connectivity index (χ1) is 7.18. The van der Waals surface area contributed by atoms with Crippen LogP contribution in [0.1, 0.15) is 26.2 Å². The molecule has 2 aliphatic rings. The van der Waals surface area contributed by atoms with Crippen molar-refractivity contribution in [1.29, 1.82) is 0 Å². The summed E-state index contributed by atoms with van der Waals surface area (Å²) in [7, 11) is 0. The van der Waals surface area contributed by atoms with Crippen LogP contribution >= 0.6 is 0 Å². The molecule has 2 unspecified atom stereocenters. The van der Waals surface area contributed by atoms with Crippen molar-refractivity contribution in [2.75, 3.05) is 26.3 Å². The summed E-state index contributed by atoms with van der Waals surface area (Å²) in [6, 6.07) is 1.07. The first-order valence-electron chi connectivity index (χ1n) is 5.92. The van der Waals surface area contributed by atoms with Crippen LogP contribution < -0.4 is 5.32 Å². The van der Waals surface area contributed by atoms with E-state index in [1.165, 1.54) is 19.4 Å². The van der Waals surface area contributed by atoms with E-state index in [0.29, 0.717) is 12.1 Å². The van der Waals surface area contributed by atoms with Gasteiger partial charge >= 0.3 is 0 Å². The highest BCUT2D eigenvalue weighted by Crippen LogP contribution is 2.28. The largest absolute Gasteiger partial charge is 0.394 e. The Labute approximate surface area is 91.3 Å². The molecule has 2 aliphatic heterocycles. The average molecular weight is 214 g/mol. The maximum Gasteiger partial charge on any atom is 0.0633 e. The lowest BCUT2D eigenvalue weighted by Gasteiger charge is -2.32. The Hall–Kier alpha value is -0.160. The summed E-state index contributed by atoms with van der Waals surface area (Å²) in [5.41, 5.74) is -0.525. The zero-order valence-electron chi connectivity index (χ0n) is 9.45. The molecule has 0 radical (unpaired) electrons. The molecule has 0 spiro atoms. The van der Waals surface area contributed by atoms with Crippen LogP contribution in [0, 0.1) is 0 Å². The SMILES string of the molecule is CC(CO)(CO)NC1CCN2CCCC12. The van der Waals surface area contributed by atoms with Crippen LogP contribution in [0.15, 0.2) is 0 Å². The third kappa shape index (κ3) is 2.18. The molecule has 4 heteroatoms. The van der Waals surface area contributed by atoms with Crippen molar-refractivity contribution in [2.45, 2.75) is 43.8 Å². The molecule has 0 aromatic heterocycles. The van der Waals surface area contributed by atoms with Crippen LogP contribution in [0.5, 0.6) is 0 Å². The highest BCUT2D eigenvalue weighted by Gasteiger charge is 2.39. The molecule has 3 N–H and O–H groups in total. The maximum atomic E-state index is 9.25. The van der Waals surface area contributed by atoms with Gasteiger partial charge in [0.1, 0.15) is 0 Å². The number of hydrogen-bond acceptors (Lipinski definition) is 4. The standard InChI is InChI=1S/C11H22N2O2/c1-11(7-14,8-15)12-9-4-6-13-5-2-3-10(9)13/h9-10,12,14-15H,2-8H2,1H3. The Kier molecular flexibility index (Phi) is 3.30. The first-order valence-corrected chi connectivity index (χ1v) is 5.92. The highest BCUT2D eigenvalue weighted by molar-refractivity contribution is 4.99. The minimum atomic E-state index is -0.525. The average Bonchev–Trinajstić information content (AvgIpc) is 2.83. The number of fused-ring (bicyclic) bond motifs is 1. The molecule has 2 heterocycles. The molecule has 2 rings (SSSR count). The zero-order valence-corrected chi connectivity index (χ0v) is 9.45. The van der Waals surface area contributed by atoms with E-state index in [2.05, 4.69) is 10.2 Å². The number of aliphatic hydroxyl groups excluding tert-OH is 2. The second kappa shape index (κ2) is 4.37. The van der Waals surface area contributed by atoms with Crippen LogP contribution in [-0.4, -0.2) is 59.0 Å². The van der Waals surface area contributed by atoms with Gasteiger partial charge in [-0.2, -0.15) is 0 Å². The van der Waals surface area contributed by atoms with Gasteiger partial charge in [0.15, 0.2) is 0 Å². The second-order valence-electron chi connectivity index (χ2n) is 5.16. The number of nitrogens with one attached hydrogen (secondary N) is 1. The van der Waals surface area contributed by atoms with Gasteiger partial charge < -0.3 is 15.5 Å². The molecule has 0 aromatic rings. The van der Waals surface area contributed by atoms with Gasteiger partial charge in [0.05, 0.1) is 18.8 Å². The van der Waals surface area contributed by atoms with E-state index in [1.807, 2.05) is 6.92 Å². The van der Waals surface area contributed by atoms with Gasteiger partial charge in [-0.15, -0.1) is 0 Å². The maximum absolute atomic E-state index is 9.25. The van der Waals surface area contributed by atoms with E-state index in [-0.39, 0.29) is 13.2 Å². The molecular weight excluding hydrogens is 192 g/mol. The third-order valence-corrected chi connectivity index (χ3v) is 3.84. The minimum absolute atomic E-state index is 0.00722. The molecule has 15 heavy (non-hydrogen) atoms. The molecular formula is C11H22N2O2. The van der Waals surface area contributed by atoms with Crippen molar-refractivity contribution in [3.8, 4) is 0 Å². The zero-order chi connectivity index (χ0) is 10.9. The molecule has 4 nitrogen and oxygen atoms in total. The van der Waals surface area contributed by atoms with Gasteiger partial charge in [0, 0.05) is 18.6 Å². The van der Waals surface area contributed by atoms with E-state index in [0.717, 1.165) is 13.0 Å². The van der Waals surface area contributed by atoms with Crippen LogP contribution in [-0.2, 0) is 0 Å². The van der Waals surface area contributed by atoms with E-state index in [4.69, 9.17) is 0 Å². The molecule has 2 fully saturated rings. The first kappa shape index (κ1) is 11.3. The smallest absolute Gasteiger partial charge is 0.0633 e. The molecule has 2 atom stereocenters. The third-order valence-electron chi connectivity index (χ3n) is 3.84. The van der Waals surface area contributed by atoms with E-state index >= 15 is 0 Å². The Morgan fingerprint density at radius 2 is 2.00 bits per heavy atom. The van der Waals surface area contributed by atoms with Crippen molar-refractivity contribution >= 4 is 0 Å². The lowest BCUT2D eigenvalue weighted by molar-refractivity contribution is 0.0896. The summed E-state index contributed by atoms with van der Waals surface area (Å²) < 4.78 is 0. The van der Waals surface area contributed by atoms with E-state index < -0.39 is 5.54 Å². The fourth-order valence-electron chi connectivity index (χ4n) is 2.84. The van der Waals surface area contributed by atoms with Gasteiger partial charge in [-0.05, 0) is 32.7 Å². The van der Waals surface area contributed by atoms with Crippen molar-refractivity contribution in [2.24, 2.45) is 0 Å². The van der Waals surface area contributed by atoms with Gasteiger partial charge in [-0.25, -0.2) is 0 Å². The number of rotatable bonds is 4. The Bertz CT molecular complexity index is 219. The molecule has 2 saturated heterocycles. The summed E-state index contributed by atoms with van der Waals surface area (Å²) in [5, 5.41) is 21.9. The molecule has 88 valence electrons. The Morgan fingerprint density at radius 3 is 2.67 bits per heavy atom. The lowest BCUT2D eigenvalue weighted by atomic mass is 9.99. The van der Waals surface area contributed by atoms with Crippen LogP contribution in [0.25, 0.3) is 0 Å². The summed E-state index contributed by atoms with van der Waals surface area (Å²) in [5.74, 6) is 0. The van der Waals surface area contributed by atoms with Crippen molar-refractivity contribution in [3.63, 3.8) is 0 Å². The number of hydrogen-bond donors (Lipinski definition) is 3. The monoisotopic (exact) mass is 214 g/mol. The molecule has 0 amide bonds. The summed E-state index contributed by atoms with van der Waals surface area (Å²) in [4.78, 5) is 2.52. The highest BCUT2D eigenvalue weighted by atomic mass is 16.3. The van der Waals surface area contributed by atoms with Crippen LogP contribution in [0.3, 0.4) is 0 Å². The Morgan fingerprint density at radius 1 is 1.27 bits per heavy atom. The van der Waals surface area contributed by atoms with Crippen molar-refractivity contribution in [1.82, 2.24) is 10.2 Å². The fourth-order valence-corrected chi connectivity index (χ4v) is 2.84. The molecule has 0 bridgehead atoms. The van der Waals surface area contributed by atoms with Crippen LogP contribution in [0.4, 0.5) is 0 Å². The van der Waals surface area contributed by atoms with Gasteiger partial charge in [-0.3, -0.25) is 4.90 Å². The summed E-state index contributed by atoms with van der Waals surface area (Å²) in [6.45, 7) is 4.25. The predicted octanol–water partition coefficient (Wildman–Crippen LogP) is -0.444. The fraction of sp³-hybridized carbons (Fsp3) is 1.00. The minimum Gasteiger partial charge on any atom is -0.394 e. The van der Waals surface area contributed by atoms with E-state index in [9.17, 15) is 10.2 Å². The number of aliphatic hydroxyl groups is 2. The molecule has 0 aromatic carbocycles. The van der Waals surface area contributed by atoms with Crippen molar-refractivity contribution in [3.05, 3.63) is 0 Å². The quantitative estimate of drug-likeness (QED) is 0.594. The topological polar surface area (TPSA) is 55.7 Å². The normalized spacial score (nSPS) is 32.2. The van der Waals surface area contributed by atoms with Crippen LogP contribution in [0.2, 0.25) is 0 Å². The second-order valence-corrected chi connectivity index (χ2v) is 5.16. The number of nitrogens with zero attached hydrogens (tertiary/aromatic N) is 1. The summed E-state index contributed by atoms with van der Waals surface area (Å²) >= 11 is 0. The van der Waals surface area contributed by atoms with Crippen molar-refractivity contribution < 1.29 is 10.2 Å². The van der Waals surface area contributed by atoms with E-state index in [1.54, 1.807) is 0 Å². The lowest BCUT2D eigenvalue weighted by Crippen LogP contribution is -2.56. The van der Waals surface area contributed by atoms with Gasteiger partial charge in [-0.1, -0.05) is 0 Å². The molecule has 0 saturated carbocycles. The van der Waals surface area contributed by atoms with Gasteiger partial charge in [0.25, 0.3) is 0 Å². The predicted molar refractivity (Wildman–Crippen MR) is 58.7 cm³/mol.